The Bertz CT molecular complexity index is 834. The van der Waals surface area contributed by atoms with Gasteiger partial charge in [0.2, 0.25) is 5.96 Å². The number of aliphatic imine (C=N–C) groups is 1. The molecule has 0 amide bonds. The monoisotopic (exact) mass is 382 g/mol. The summed E-state index contributed by atoms with van der Waals surface area (Å²) in [4.78, 5) is 9.53. The summed E-state index contributed by atoms with van der Waals surface area (Å²) in [6, 6.07) is 10.3. The van der Waals surface area contributed by atoms with E-state index < -0.39 is 5.66 Å². The average molecular weight is 383 g/mol. The van der Waals surface area contributed by atoms with E-state index in [-0.39, 0.29) is 0 Å². The minimum atomic E-state index is -0.938. The van der Waals surface area contributed by atoms with E-state index in [0.29, 0.717) is 5.82 Å². The van der Waals surface area contributed by atoms with E-state index in [4.69, 9.17) is 16.5 Å². The molecule has 4 rings (SSSR count). The van der Waals surface area contributed by atoms with Gasteiger partial charge in [0.25, 0.3) is 0 Å². The largest absolute Gasteiger partial charge is 0.385 e. The highest BCUT2D eigenvalue weighted by Gasteiger charge is 2.31. The van der Waals surface area contributed by atoms with Crippen LogP contribution in [0, 0.1) is 6.92 Å². The second-order valence-electron chi connectivity index (χ2n) is 7.25. The molecule has 7 heteroatoms. The summed E-state index contributed by atoms with van der Waals surface area (Å²) in [6.07, 6.45) is 1.79. The predicted molar refractivity (Wildman–Crippen MR) is 111 cm³/mol. The molecule has 1 fully saturated rings. The lowest BCUT2D eigenvalue weighted by Crippen LogP contribution is -2.55. The molecule has 142 valence electrons. The summed E-state index contributed by atoms with van der Waals surface area (Å²) < 4.78 is 0. The third-order valence-corrected chi connectivity index (χ3v) is 5.83. The Kier molecular flexibility index (Phi) is 4.90. The van der Waals surface area contributed by atoms with Crippen LogP contribution in [0.4, 0.5) is 0 Å². The van der Waals surface area contributed by atoms with E-state index >= 15 is 0 Å². The smallest absolute Gasteiger partial charge is 0.202 e. The lowest BCUT2D eigenvalue weighted by molar-refractivity contribution is 0.172. The van der Waals surface area contributed by atoms with Crippen molar-refractivity contribution in [3.05, 3.63) is 69.7 Å². The predicted octanol–water partition coefficient (Wildman–Crippen LogP) is 1.75. The highest BCUT2D eigenvalue weighted by molar-refractivity contribution is 7.07. The molecule has 0 saturated carbocycles. The van der Waals surface area contributed by atoms with Crippen LogP contribution in [0.3, 0.4) is 0 Å². The number of benzene rings is 1. The van der Waals surface area contributed by atoms with Gasteiger partial charge in [-0.25, -0.2) is 4.99 Å². The lowest BCUT2D eigenvalue weighted by atomic mass is 9.98. The minimum absolute atomic E-state index is 0.545. The molecule has 5 N–H and O–H groups in total. The van der Waals surface area contributed by atoms with Crippen LogP contribution in [0.5, 0.6) is 0 Å². The van der Waals surface area contributed by atoms with Gasteiger partial charge in [-0.3, -0.25) is 10.6 Å². The molecule has 0 spiro atoms. The Morgan fingerprint density at radius 1 is 1.15 bits per heavy atom. The molecular weight excluding hydrogens is 356 g/mol. The van der Waals surface area contributed by atoms with Gasteiger partial charge in [-0.15, -0.1) is 0 Å². The van der Waals surface area contributed by atoms with Crippen molar-refractivity contribution in [1.29, 1.82) is 0 Å². The first kappa shape index (κ1) is 18.0. The van der Waals surface area contributed by atoms with Crippen LogP contribution < -0.4 is 16.8 Å². The van der Waals surface area contributed by atoms with Gasteiger partial charge in [0.15, 0.2) is 5.66 Å². The summed E-state index contributed by atoms with van der Waals surface area (Å²) in [5, 5.41) is 7.55. The quantitative estimate of drug-likeness (QED) is 0.753. The van der Waals surface area contributed by atoms with Crippen molar-refractivity contribution >= 4 is 17.3 Å². The van der Waals surface area contributed by atoms with Crippen LogP contribution in [-0.4, -0.2) is 41.9 Å². The summed E-state index contributed by atoms with van der Waals surface area (Å²) in [6.45, 7) is 6.83. The number of nitrogens with two attached hydrogens (primary N) is 2. The second-order valence-corrected chi connectivity index (χ2v) is 8.03. The van der Waals surface area contributed by atoms with E-state index in [1.165, 1.54) is 11.1 Å². The second kappa shape index (κ2) is 7.34. The maximum atomic E-state index is 6.62. The maximum Gasteiger partial charge on any atom is 0.202 e. The van der Waals surface area contributed by atoms with Crippen LogP contribution in [0.25, 0.3) is 0 Å². The standard InChI is InChI=1S/C20H26N6S/c1-15-2-4-17(5-3-15)20(22)12-18(21)23-19(24-20)26-9-7-25(8-10-26)13-16-6-11-27-14-16/h2-6,11-12,14H,7-10,13,21-22H2,1H3,(H,23,24). The number of nitrogens with zero attached hydrogens (tertiary/aromatic N) is 3. The number of hydrogen-bond acceptors (Lipinski definition) is 7. The Labute approximate surface area is 164 Å². The fourth-order valence-electron chi connectivity index (χ4n) is 3.51. The minimum Gasteiger partial charge on any atom is -0.385 e. The summed E-state index contributed by atoms with van der Waals surface area (Å²) >= 11 is 1.75. The summed E-state index contributed by atoms with van der Waals surface area (Å²) in [5.41, 5.74) is 15.3. The fourth-order valence-corrected chi connectivity index (χ4v) is 4.17. The number of guanidine groups is 1. The number of piperazine rings is 1. The van der Waals surface area contributed by atoms with E-state index in [1.54, 1.807) is 17.4 Å². The highest BCUT2D eigenvalue weighted by atomic mass is 32.1. The van der Waals surface area contributed by atoms with Crippen molar-refractivity contribution in [1.82, 2.24) is 15.1 Å². The van der Waals surface area contributed by atoms with E-state index in [2.05, 4.69) is 51.0 Å². The number of nitrogens with one attached hydrogen (secondary N) is 1. The Hall–Kier alpha value is -2.35. The molecule has 2 aliphatic rings. The SMILES string of the molecule is Cc1ccc(C2(N)C=C(N)NC(N3CCN(Cc4ccsc4)CC3)=N2)cc1. The molecule has 6 nitrogen and oxygen atoms in total. The molecule has 1 aromatic carbocycles. The van der Waals surface area contributed by atoms with Gasteiger partial charge in [-0.2, -0.15) is 11.3 Å². The van der Waals surface area contributed by atoms with Gasteiger partial charge in [-0.1, -0.05) is 29.8 Å². The molecular formula is C20H26N6S. The third-order valence-electron chi connectivity index (χ3n) is 5.09. The first-order valence-corrected chi connectivity index (χ1v) is 10.2. The molecule has 1 unspecified atom stereocenters. The first-order chi connectivity index (χ1) is 13.0. The topological polar surface area (TPSA) is 82.9 Å². The van der Waals surface area contributed by atoms with E-state index in [1.807, 2.05) is 12.1 Å². The van der Waals surface area contributed by atoms with Crippen molar-refractivity contribution in [2.75, 3.05) is 26.2 Å². The van der Waals surface area contributed by atoms with Gasteiger partial charge in [0, 0.05) is 38.8 Å². The molecule has 0 radical (unpaired) electrons. The Morgan fingerprint density at radius 3 is 2.56 bits per heavy atom. The molecule has 2 aliphatic heterocycles. The summed E-state index contributed by atoms with van der Waals surface area (Å²) in [5.74, 6) is 1.30. The zero-order valence-electron chi connectivity index (χ0n) is 15.6. The maximum absolute atomic E-state index is 6.62. The van der Waals surface area contributed by atoms with Crippen molar-refractivity contribution in [2.45, 2.75) is 19.1 Å². The number of aryl methyl sites for hydroxylation is 1. The molecule has 27 heavy (non-hydrogen) atoms. The fraction of sp³-hybridized carbons (Fsp3) is 0.350. The van der Waals surface area contributed by atoms with Gasteiger partial charge in [0.1, 0.15) is 5.82 Å². The zero-order chi connectivity index (χ0) is 18.9. The Morgan fingerprint density at radius 2 is 1.89 bits per heavy atom. The number of hydrogen-bond donors (Lipinski definition) is 3. The van der Waals surface area contributed by atoms with Gasteiger partial charge in [-0.05, 0) is 34.9 Å². The lowest BCUT2D eigenvalue weighted by Gasteiger charge is -2.39. The van der Waals surface area contributed by atoms with E-state index in [0.717, 1.165) is 44.2 Å². The highest BCUT2D eigenvalue weighted by Crippen LogP contribution is 2.25. The molecule has 1 atom stereocenters. The summed E-state index contributed by atoms with van der Waals surface area (Å²) in [7, 11) is 0. The van der Waals surface area contributed by atoms with Crippen LogP contribution in [0.1, 0.15) is 16.7 Å². The molecule has 0 bridgehead atoms. The average Bonchev–Trinajstić information content (AvgIpc) is 3.15. The molecule has 1 aromatic heterocycles. The zero-order valence-corrected chi connectivity index (χ0v) is 16.4. The van der Waals surface area contributed by atoms with Crippen LogP contribution in [0.2, 0.25) is 0 Å². The third kappa shape index (κ3) is 4.00. The molecule has 2 aromatic rings. The van der Waals surface area contributed by atoms with Crippen molar-refractivity contribution in [2.24, 2.45) is 16.5 Å². The van der Waals surface area contributed by atoms with Gasteiger partial charge >= 0.3 is 0 Å². The van der Waals surface area contributed by atoms with Crippen molar-refractivity contribution in [3.8, 4) is 0 Å². The van der Waals surface area contributed by atoms with Crippen molar-refractivity contribution < 1.29 is 0 Å². The normalized spacial score (nSPS) is 23.6. The van der Waals surface area contributed by atoms with Crippen molar-refractivity contribution in [3.63, 3.8) is 0 Å². The molecule has 3 heterocycles. The number of thiophene rings is 1. The molecule has 1 saturated heterocycles. The van der Waals surface area contributed by atoms with E-state index in [9.17, 15) is 0 Å². The Balaban J connectivity index is 1.47. The number of rotatable bonds is 3. The van der Waals surface area contributed by atoms with Crippen LogP contribution in [0.15, 0.2) is 58.0 Å². The van der Waals surface area contributed by atoms with Gasteiger partial charge < -0.3 is 16.0 Å². The van der Waals surface area contributed by atoms with Crippen LogP contribution >= 0.6 is 11.3 Å². The van der Waals surface area contributed by atoms with Gasteiger partial charge in [0.05, 0.1) is 0 Å². The molecule has 0 aliphatic carbocycles. The first-order valence-electron chi connectivity index (χ1n) is 9.21. The van der Waals surface area contributed by atoms with Crippen LogP contribution in [-0.2, 0) is 12.2 Å².